The van der Waals surface area contributed by atoms with Crippen molar-refractivity contribution in [3.8, 4) is 0 Å². The fourth-order valence-electron chi connectivity index (χ4n) is 8.00. The number of aromatic nitrogens is 3. The first-order valence-electron chi connectivity index (χ1n) is 18.3. The first-order valence-corrected chi connectivity index (χ1v) is 19.5. The van der Waals surface area contributed by atoms with Gasteiger partial charge in [0.15, 0.2) is 0 Å². The molecule has 4 aromatic rings. The zero-order valence-electron chi connectivity index (χ0n) is 29.2. The van der Waals surface area contributed by atoms with E-state index in [9.17, 15) is 4.79 Å². The maximum atomic E-state index is 15.0. The summed E-state index contributed by atoms with van der Waals surface area (Å²) in [5.41, 5.74) is 5.54. The molecule has 1 unspecified atom stereocenters. The van der Waals surface area contributed by atoms with E-state index in [-0.39, 0.29) is 24.1 Å². The fourth-order valence-corrected chi connectivity index (χ4v) is 8.57. The van der Waals surface area contributed by atoms with Crippen LogP contribution in [-0.2, 0) is 35.5 Å². The molecule has 2 aromatic heterocycles. The summed E-state index contributed by atoms with van der Waals surface area (Å²) in [5.74, 6) is 0.877. The Bertz CT molecular complexity index is 1780. The second-order valence-electron chi connectivity index (χ2n) is 14.1. The Morgan fingerprint density at radius 2 is 1.80 bits per heavy atom. The van der Waals surface area contributed by atoms with Crippen LogP contribution in [0.4, 0.5) is 4.79 Å². The summed E-state index contributed by atoms with van der Waals surface area (Å²) < 4.78 is 9.20. The number of hydrogen-bond donors (Lipinski definition) is 0. The zero-order valence-corrected chi connectivity index (χ0v) is 31.6. The Hall–Kier alpha value is -3.73. The number of pyridine rings is 1. The van der Waals surface area contributed by atoms with Gasteiger partial charge in [0, 0.05) is 67.4 Å². The summed E-state index contributed by atoms with van der Waals surface area (Å²) in [5, 5.41) is 0.707. The van der Waals surface area contributed by atoms with Gasteiger partial charge >= 0.3 is 6.09 Å². The highest BCUT2D eigenvalue weighted by atomic mass is 79.9. The number of ether oxygens (including phenoxy) is 1. The van der Waals surface area contributed by atoms with Crippen molar-refractivity contribution in [1.29, 1.82) is 0 Å². The lowest BCUT2D eigenvalue weighted by Gasteiger charge is -2.45. The molecule has 3 heterocycles. The number of amides is 2. The largest absolute Gasteiger partial charge is 0.446 e. The molecular formula is C40H46BrClN6O3. The average Bonchev–Trinajstić information content (AvgIpc) is 3.48. The summed E-state index contributed by atoms with van der Waals surface area (Å²) in [6, 6.07) is 17.5. The van der Waals surface area contributed by atoms with Gasteiger partial charge in [-0.15, -0.1) is 0 Å². The zero-order chi connectivity index (χ0) is 35.3. The molecule has 268 valence electrons. The van der Waals surface area contributed by atoms with E-state index in [1.165, 1.54) is 17.5 Å². The molecule has 2 amide bonds. The Labute approximate surface area is 314 Å². The second-order valence-corrected chi connectivity index (χ2v) is 15.4. The Morgan fingerprint density at radius 1 is 1.00 bits per heavy atom. The van der Waals surface area contributed by atoms with E-state index in [2.05, 4.69) is 60.7 Å². The summed E-state index contributed by atoms with van der Waals surface area (Å²) in [6.07, 6.45) is 12.6. The summed E-state index contributed by atoms with van der Waals surface area (Å²) >= 11 is 10.2. The molecule has 2 aliphatic carbocycles. The summed E-state index contributed by atoms with van der Waals surface area (Å²) in [7, 11) is 0. The van der Waals surface area contributed by atoms with E-state index in [0.717, 1.165) is 78.6 Å². The number of carbonyl (C=O) groups is 2. The molecule has 51 heavy (non-hydrogen) atoms. The minimum absolute atomic E-state index is 0.0690. The van der Waals surface area contributed by atoms with Crippen molar-refractivity contribution in [3.05, 3.63) is 116 Å². The molecule has 1 saturated heterocycles. The molecule has 0 N–H and O–H groups in total. The van der Waals surface area contributed by atoms with Gasteiger partial charge in [0.1, 0.15) is 18.0 Å². The number of piperazine rings is 1. The van der Waals surface area contributed by atoms with Gasteiger partial charge in [0.2, 0.25) is 5.91 Å². The minimum atomic E-state index is -0.730. The van der Waals surface area contributed by atoms with Crippen LogP contribution in [0.3, 0.4) is 0 Å². The van der Waals surface area contributed by atoms with Crippen LogP contribution in [-0.4, -0.2) is 79.6 Å². The van der Waals surface area contributed by atoms with E-state index in [4.69, 9.17) is 21.3 Å². The van der Waals surface area contributed by atoms with Gasteiger partial charge in [-0.05, 0) is 108 Å². The van der Waals surface area contributed by atoms with Gasteiger partial charge in [-0.25, -0.2) is 9.78 Å². The van der Waals surface area contributed by atoms with Crippen molar-refractivity contribution in [3.63, 3.8) is 0 Å². The second kappa shape index (κ2) is 16.3. The van der Waals surface area contributed by atoms with Crippen molar-refractivity contribution in [1.82, 2.24) is 29.2 Å². The van der Waals surface area contributed by atoms with Gasteiger partial charge in [-0.2, -0.15) is 0 Å². The smallest absolute Gasteiger partial charge is 0.410 e. The van der Waals surface area contributed by atoms with Crippen LogP contribution in [0, 0.1) is 6.92 Å². The number of nitrogens with zero attached hydrogens (tertiary/aromatic N) is 6. The monoisotopic (exact) mass is 772 g/mol. The molecule has 0 spiro atoms. The van der Waals surface area contributed by atoms with Gasteiger partial charge in [0.05, 0.1) is 11.7 Å². The maximum Gasteiger partial charge on any atom is 0.410 e. The highest BCUT2D eigenvalue weighted by molar-refractivity contribution is 9.10. The summed E-state index contributed by atoms with van der Waals surface area (Å²) in [4.78, 5) is 44.4. The lowest BCUT2D eigenvalue weighted by atomic mass is 9.95. The van der Waals surface area contributed by atoms with Crippen LogP contribution in [0.1, 0.15) is 78.3 Å². The topological polar surface area (TPSA) is 83.8 Å². The standard InChI is InChI=1S/C40H46BrClN6O3/c1-28-43-17-20-45(28)18-8-19-47(26-29-9-4-2-5-10-29)39(49)36-27-46(21-22-48(36)40(50)51-34-11-6-3-7-12-34)38-35-16-15-33(42)24-30(35)13-14-31-23-32(41)25-44-37(31)38/h2,4-5,9-10,15-17,20,23-25,34,36,38H,3,6-8,11-14,18-19,21-22,26-27H2,1H3/t36-,38?/m1/s1. The number of hydrogen-bond acceptors (Lipinski definition) is 6. The third-order valence-electron chi connectivity index (χ3n) is 10.7. The highest BCUT2D eigenvalue weighted by Gasteiger charge is 2.43. The predicted molar refractivity (Wildman–Crippen MR) is 202 cm³/mol. The lowest BCUT2D eigenvalue weighted by molar-refractivity contribution is -0.140. The Balaban J connectivity index is 1.22. The molecular weight excluding hydrogens is 728 g/mol. The number of benzene rings is 2. The third kappa shape index (κ3) is 8.34. The molecule has 2 atom stereocenters. The normalized spacial score (nSPS) is 19.5. The van der Waals surface area contributed by atoms with Crippen LogP contribution in [0.15, 0.2) is 77.7 Å². The van der Waals surface area contributed by atoms with Crippen molar-refractivity contribution in [2.24, 2.45) is 0 Å². The van der Waals surface area contributed by atoms with E-state index >= 15 is 4.79 Å². The lowest BCUT2D eigenvalue weighted by Crippen LogP contribution is -2.62. The summed E-state index contributed by atoms with van der Waals surface area (Å²) in [6.45, 7) is 5.03. The molecule has 0 radical (unpaired) electrons. The molecule has 2 fully saturated rings. The first kappa shape index (κ1) is 35.7. The van der Waals surface area contributed by atoms with Gasteiger partial charge in [0.25, 0.3) is 0 Å². The molecule has 1 aliphatic heterocycles. The van der Waals surface area contributed by atoms with E-state index in [1.54, 1.807) is 11.1 Å². The van der Waals surface area contributed by atoms with Crippen molar-refractivity contribution in [2.45, 2.75) is 89.6 Å². The fraction of sp³-hybridized carbons (Fsp3) is 0.450. The highest BCUT2D eigenvalue weighted by Crippen LogP contribution is 2.39. The van der Waals surface area contributed by atoms with Gasteiger partial charge in [-0.3, -0.25) is 19.6 Å². The van der Waals surface area contributed by atoms with Crippen LogP contribution < -0.4 is 0 Å². The minimum Gasteiger partial charge on any atom is -0.446 e. The first-order chi connectivity index (χ1) is 24.8. The molecule has 1 saturated carbocycles. The van der Waals surface area contributed by atoms with Gasteiger partial charge < -0.3 is 14.2 Å². The number of halogens is 2. The van der Waals surface area contributed by atoms with Crippen molar-refractivity contribution < 1.29 is 14.3 Å². The molecule has 3 aliphatic rings. The average molecular weight is 774 g/mol. The van der Waals surface area contributed by atoms with E-state index in [0.29, 0.717) is 37.7 Å². The van der Waals surface area contributed by atoms with Crippen LogP contribution >= 0.6 is 27.5 Å². The number of carbonyl (C=O) groups excluding carboxylic acids is 2. The number of aryl methyl sites for hydroxylation is 4. The molecule has 7 rings (SSSR count). The van der Waals surface area contributed by atoms with Crippen LogP contribution in [0.5, 0.6) is 0 Å². The third-order valence-corrected chi connectivity index (χ3v) is 11.4. The van der Waals surface area contributed by atoms with Crippen molar-refractivity contribution in [2.75, 3.05) is 26.2 Å². The number of fused-ring (bicyclic) bond motifs is 2. The Morgan fingerprint density at radius 3 is 2.59 bits per heavy atom. The predicted octanol–water partition coefficient (Wildman–Crippen LogP) is 7.77. The maximum absolute atomic E-state index is 15.0. The quantitative estimate of drug-likeness (QED) is 0.173. The van der Waals surface area contributed by atoms with Crippen LogP contribution in [0.2, 0.25) is 5.02 Å². The molecule has 9 nitrogen and oxygen atoms in total. The van der Waals surface area contributed by atoms with Crippen molar-refractivity contribution >= 4 is 39.5 Å². The van der Waals surface area contributed by atoms with Gasteiger partial charge in [-0.1, -0.05) is 54.4 Å². The number of rotatable bonds is 9. The molecule has 11 heteroatoms. The van der Waals surface area contributed by atoms with E-state index < -0.39 is 6.04 Å². The van der Waals surface area contributed by atoms with E-state index in [1.807, 2.05) is 48.5 Å². The number of imidazole rings is 1. The molecule has 0 bridgehead atoms. The molecule has 2 aromatic carbocycles. The SMILES string of the molecule is Cc1nccn1CCCN(Cc1ccccc1)C(=O)[C@H]1CN(C2c3ccc(Cl)cc3CCc3cc(Br)cnc32)CCN1C(=O)OC1CCCCC1. The Kier molecular flexibility index (Phi) is 11.4. The van der Waals surface area contributed by atoms with Crippen LogP contribution in [0.25, 0.3) is 0 Å².